The van der Waals surface area contributed by atoms with Crippen LogP contribution in [0.15, 0.2) is 0 Å². The summed E-state index contributed by atoms with van der Waals surface area (Å²) >= 11 is 1.67. The van der Waals surface area contributed by atoms with Crippen molar-refractivity contribution in [2.45, 2.75) is 19.9 Å². The summed E-state index contributed by atoms with van der Waals surface area (Å²) in [7, 11) is -1.16. The average molecular weight is 333 g/mol. The Labute approximate surface area is 130 Å². The number of rotatable bonds is 7. The summed E-state index contributed by atoms with van der Waals surface area (Å²) in [5, 5.41) is 4.29. The fourth-order valence-corrected chi connectivity index (χ4v) is 4.57. The van der Waals surface area contributed by atoms with Gasteiger partial charge in [-0.3, -0.25) is 0 Å². The standard InChI is InChI=1S/C13H23N3O3S2/c1-3-11-12(10-14-4-7-19-2)20-13(15-11)16-5-8-21(17,18)9-6-16/h14H,3-10H2,1-2H3. The highest BCUT2D eigenvalue weighted by Crippen LogP contribution is 2.27. The largest absolute Gasteiger partial charge is 0.383 e. The number of sulfone groups is 1. The van der Waals surface area contributed by atoms with Crippen LogP contribution in [0.2, 0.25) is 0 Å². The number of thiazole rings is 1. The molecule has 2 heterocycles. The van der Waals surface area contributed by atoms with E-state index in [1.165, 1.54) is 4.88 Å². The summed E-state index contributed by atoms with van der Waals surface area (Å²) in [6.07, 6.45) is 0.893. The number of methoxy groups -OCH3 is 1. The van der Waals surface area contributed by atoms with Crippen molar-refractivity contribution in [1.29, 1.82) is 0 Å². The van der Waals surface area contributed by atoms with E-state index >= 15 is 0 Å². The first-order valence-electron chi connectivity index (χ1n) is 7.19. The SMILES string of the molecule is CCc1nc(N2CCS(=O)(=O)CC2)sc1CNCCOC. The van der Waals surface area contributed by atoms with Crippen LogP contribution in [0.3, 0.4) is 0 Å². The minimum Gasteiger partial charge on any atom is -0.383 e. The van der Waals surface area contributed by atoms with Crippen LogP contribution < -0.4 is 10.2 Å². The molecule has 0 saturated carbocycles. The lowest BCUT2D eigenvalue weighted by atomic mass is 10.3. The maximum Gasteiger partial charge on any atom is 0.185 e. The van der Waals surface area contributed by atoms with E-state index in [9.17, 15) is 8.42 Å². The Kier molecular flexibility index (Phi) is 5.98. The van der Waals surface area contributed by atoms with Crippen LogP contribution in [0.25, 0.3) is 0 Å². The molecule has 0 aromatic carbocycles. The van der Waals surface area contributed by atoms with Gasteiger partial charge in [0.1, 0.15) is 0 Å². The van der Waals surface area contributed by atoms with Crippen LogP contribution in [-0.2, 0) is 27.5 Å². The molecule has 0 radical (unpaired) electrons. The third-order valence-electron chi connectivity index (χ3n) is 3.49. The molecule has 1 fully saturated rings. The second-order valence-corrected chi connectivity index (χ2v) is 8.39. The molecule has 1 aliphatic heterocycles. The van der Waals surface area contributed by atoms with Crippen LogP contribution in [0.4, 0.5) is 5.13 Å². The van der Waals surface area contributed by atoms with Gasteiger partial charge in [0.25, 0.3) is 0 Å². The number of nitrogens with one attached hydrogen (secondary N) is 1. The van der Waals surface area contributed by atoms with Crippen molar-refractivity contribution in [3.63, 3.8) is 0 Å². The van der Waals surface area contributed by atoms with Gasteiger partial charge < -0.3 is 15.0 Å². The molecule has 6 nitrogen and oxygen atoms in total. The Balaban J connectivity index is 1.99. The van der Waals surface area contributed by atoms with Gasteiger partial charge in [-0.05, 0) is 6.42 Å². The van der Waals surface area contributed by atoms with Gasteiger partial charge in [0.05, 0.1) is 23.8 Å². The van der Waals surface area contributed by atoms with E-state index in [1.807, 2.05) is 0 Å². The number of aromatic nitrogens is 1. The highest BCUT2D eigenvalue weighted by atomic mass is 32.2. The summed E-state index contributed by atoms with van der Waals surface area (Å²) in [5.41, 5.74) is 1.10. The van der Waals surface area contributed by atoms with Crippen LogP contribution in [0.5, 0.6) is 0 Å². The second-order valence-electron chi connectivity index (χ2n) is 5.03. The van der Waals surface area contributed by atoms with Crippen molar-refractivity contribution >= 4 is 26.3 Å². The Morgan fingerprint density at radius 2 is 2.10 bits per heavy atom. The molecule has 0 aliphatic carbocycles. The molecule has 120 valence electrons. The Morgan fingerprint density at radius 3 is 2.71 bits per heavy atom. The van der Waals surface area contributed by atoms with Crippen molar-refractivity contribution in [2.24, 2.45) is 0 Å². The Bertz CT molecular complexity index is 543. The molecule has 0 unspecified atom stereocenters. The normalized spacial score (nSPS) is 18.1. The number of nitrogens with zero attached hydrogens (tertiary/aromatic N) is 2. The molecular formula is C13H23N3O3S2. The van der Waals surface area contributed by atoms with Gasteiger partial charge in [-0.1, -0.05) is 6.92 Å². The van der Waals surface area contributed by atoms with Crippen LogP contribution in [-0.4, -0.2) is 58.3 Å². The minimum atomic E-state index is -2.84. The first-order chi connectivity index (χ1) is 10.1. The van der Waals surface area contributed by atoms with Crippen LogP contribution >= 0.6 is 11.3 Å². The van der Waals surface area contributed by atoms with Gasteiger partial charge in [0.15, 0.2) is 15.0 Å². The van der Waals surface area contributed by atoms with Gasteiger partial charge in [-0.2, -0.15) is 0 Å². The third kappa shape index (κ3) is 4.64. The zero-order valence-electron chi connectivity index (χ0n) is 12.6. The molecule has 1 aromatic rings. The fraction of sp³-hybridized carbons (Fsp3) is 0.769. The quantitative estimate of drug-likeness (QED) is 0.740. The predicted octanol–water partition coefficient (Wildman–Crippen LogP) is 0.676. The number of anilines is 1. The maximum atomic E-state index is 11.5. The Hall–Kier alpha value is -0.700. The third-order valence-corrected chi connectivity index (χ3v) is 6.25. The van der Waals surface area contributed by atoms with E-state index in [1.54, 1.807) is 18.4 Å². The van der Waals surface area contributed by atoms with Gasteiger partial charge in [-0.15, -0.1) is 11.3 Å². The topological polar surface area (TPSA) is 71.5 Å². The summed E-state index contributed by atoms with van der Waals surface area (Å²) in [6.45, 7) is 5.49. The smallest absolute Gasteiger partial charge is 0.185 e. The summed E-state index contributed by atoms with van der Waals surface area (Å²) in [6, 6.07) is 0. The van der Waals surface area contributed by atoms with Gasteiger partial charge >= 0.3 is 0 Å². The lowest BCUT2D eigenvalue weighted by Crippen LogP contribution is -2.40. The molecule has 0 bridgehead atoms. The molecule has 0 amide bonds. The second kappa shape index (κ2) is 7.53. The lowest BCUT2D eigenvalue weighted by molar-refractivity contribution is 0.199. The first kappa shape index (κ1) is 16.7. The van der Waals surface area contributed by atoms with Crippen LogP contribution in [0.1, 0.15) is 17.5 Å². The summed E-state index contributed by atoms with van der Waals surface area (Å²) < 4.78 is 28.0. The molecule has 0 atom stereocenters. The monoisotopic (exact) mass is 333 g/mol. The van der Waals surface area contributed by atoms with Gasteiger partial charge in [-0.25, -0.2) is 13.4 Å². The van der Waals surface area contributed by atoms with Crippen molar-refractivity contribution in [3.8, 4) is 0 Å². The average Bonchev–Trinajstić information content (AvgIpc) is 2.87. The number of ether oxygens (including phenoxy) is 1. The van der Waals surface area contributed by atoms with Gasteiger partial charge in [0, 0.05) is 38.2 Å². The number of hydrogen-bond donors (Lipinski definition) is 1. The van der Waals surface area contributed by atoms with E-state index in [2.05, 4.69) is 22.1 Å². The molecular weight excluding hydrogens is 310 g/mol. The zero-order chi connectivity index (χ0) is 15.3. The van der Waals surface area contributed by atoms with E-state index in [4.69, 9.17) is 4.74 Å². The van der Waals surface area contributed by atoms with Crippen LogP contribution in [0, 0.1) is 0 Å². The van der Waals surface area contributed by atoms with Gasteiger partial charge in [0.2, 0.25) is 0 Å². The highest BCUT2D eigenvalue weighted by Gasteiger charge is 2.24. The maximum absolute atomic E-state index is 11.5. The minimum absolute atomic E-state index is 0.232. The van der Waals surface area contributed by atoms with Crippen molar-refractivity contribution in [2.75, 3.05) is 49.8 Å². The zero-order valence-corrected chi connectivity index (χ0v) is 14.2. The summed E-state index contributed by atoms with van der Waals surface area (Å²) in [4.78, 5) is 8.00. The summed E-state index contributed by atoms with van der Waals surface area (Å²) in [5.74, 6) is 0.463. The predicted molar refractivity (Wildman–Crippen MR) is 85.9 cm³/mol. The molecule has 8 heteroatoms. The highest BCUT2D eigenvalue weighted by molar-refractivity contribution is 7.91. The molecule has 2 rings (SSSR count). The molecule has 21 heavy (non-hydrogen) atoms. The van der Waals surface area contributed by atoms with E-state index in [-0.39, 0.29) is 11.5 Å². The van der Waals surface area contributed by atoms with Crippen molar-refractivity contribution < 1.29 is 13.2 Å². The van der Waals surface area contributed by atoms with Crippen molar-refractivity contribution in [3.05, 3.63) is 10.6 Å². The number of hydrogen-bond acceptors (Lipinski definition) is 7. The van der Waals surface area contributed by atoms with E-state index < -0.39 is 9.84 Å². The molecule has 1 aliphatic rings. The molecule has 0 spiro atoms. The molecule has 1 N–H and O–H groups in total. The Morgan fingerprint density at radius 1 is 1.38 bits per heavy atom. The molecule has 1 saturated heterocycles. The number of aryl methyl sites for hydroxylation is 1. The van der Waals surface area contributed by atoms with E-state index in [0.717, 1.165) is 30.3 Å². The fourth-order valence-electron chi connectivity index (χ4n) is 2.20. The molecule has 1 aromatic heterocycles. The van der Waals surface area contributed by atoms with E-state index in [0.29, 0.717) is 19.7 Å². The first-order valence-corrected chi connectivity index (χ1v) is 9.83. The lowest BCUT2D eigenvalue weighted by Gasteiger charge is -2.25. The van der Waals surface area contributed by atoms with Crippen molar-refractivity contribution in [1.82, 2.24) is 10.3 Å².